The van der Waals surface area contributed by atoms with Crippen LogP contribution >= 0.6 is 0 Å². The van der Waals surface area contributed by atoms with E-state index in [-0.39, 0.29) is 22.8 Å². The first kappa shape index (κ1) is 25.9. The molecule has 0 atom stereocenters. The number of hydrogen-bond donors (Lipinski definition) is 0. The summed E-state index contributed by atoms with van der Waals surface area (Å²) in [7, 11) is 0. The van der Waals surface area contributed by atoms with E-state index in [0.717, 1.165) is 5.76 Å². The number of carbonyl (C=O) groups is 3. The maximum Gasteiger partial charge on any atom is 3.00 e. The zero-order valence-electron chi connectivity index (χ0n) is 10.7. The predicted molar refractivity (Wildman–Crippen MR) is 55.6 cm³/mol. The van der Waals surface area contributed by atoms with Gasteiger partial charge in [-0.05, 0) is 12.1 Å². The molecule has 8 heteroatoms. The van der Waals surface area contributed by atoms with E-state index in [0.29, 0.717) is 0 Å². The number of carbonyl (C=O) groups excluding carboxylic acids is 3. The third-order valence-electron chi connectivity index (χ3n) is 1.26. The molecule has 1 aromatic rings. The van der Waals surface area contributed by atoms with E-state index in [4.69, 9.17) is 34.1 Å². The van der Waals surface area contributed by atoms with E-state index in [9.17, 15) is 0 Å². The maximum absolute atomic E-state index is 8.25. The zero-order valence-corrected chi connectivity index (χ0v) is 12.0. The van der Waals surface area contributed by atoms with Crippen LogP contribution in [0.1, 0.15) is 26.5 Å². The van der Waals surface area contributed by atoms with E-state index in [2.05, 4.69) is 20.8 Å². The van der Waals surface area contributed by atoms with Crippen molar-refractivity contribution in [3.8, 4) is 0 Å². The van der Waals surface area contributed by atoms with Gasteiger partial charge in [0.05, 0.1) is 6.26 Å². The molecule has 0 amide bonds. The minimum atomic E-state index is -0.500. The molecule has 0 bridgehead atoms. The fourth-order valence-electron chi connectivity index (χ4n) is 0.705. The smallest absolute Gasteiger partial charge is 0.554 e. The summed E-state index contributed by atoms with van der Waals surface area (Å²) in [4.78, 5) is 24.8. The van der Waals surface area contributed by atoms with Crippen molar-refractivity contribution in [3.05, 3.63) is 24.2 Å². The Morgan fingerprint density at radius 2 is 1.32 bits per heavy atom. The molecule has 0 aromatic carbocycles. The van der Waals surface area contributed by atoms with Crippen LogP contribution in [0.15, 0.2) is 22.8 Å². The molecule has 0 unspecified atom stereocenters. The van der Waals surface area contributed by atoms with Crippen LogP contribution in [-0.2, 0) is 37.2 Å². The molecule has 0 spiro atoms. The normalized spacial score (nSPS) is 7.53. The zero-order chi connectivity index (χ0) is 15.0. The van der Waals surface area contributed by atoms with Crippen molar-refractivity contribution < 1.29 is 51.5 Å². The Morgan fingerprint density at radius 3 is 1.42 bits per heavy atom. The van der Waals surface area contributed by atoms with Gasteiger partial charge in [-0.3, -0.25) is 0 Å². The number of rotatable bonds is 0. The molecule has 1 rings (SSSR count). The Kier molecular flexibility index (Phi) is 25.4. The predicted octanol–water partition coefficient (Wildman–Crippen LogP) is -2.33. The van der Waals surface area contributed by atoms with Gasteiger partial charge in [-0.1, -0.05) is 20.8 Å². The van der Waals surface area contributed by atoms with Crippen LogP contribution in [0.5, 0.6) is 0 Å². The molecule has 0 N–H and O–H groups in total. The van der Waals surface area contributed by atoms with Gasteiger partial charge in [0.25, 0.3) is 0 Å². The van der Waals surface area contributed by atoms with Gasteiger partial charge in [0, 0.05) is 24.8 Å². The Morgan fingerprint density at radius 1 is 1.00 bits per heavy atom. The van der Waals surface area contributed by atoms with E-state index in [1.54, 1.807) is 6.26 Å². The van der Waals surface area contributed by atoms with E-state index >= 15 is 0 Å². The molecular formula is C11H15CrO7. The maximum atomic E-state index is 8.25. The van der Waals surface area contributed by atoms with Gasteiger partial charge in [0.2, 0.25) is 0 Å². The van der Waals surface area contributed by atoms with Crippen LogP contribution in [0.25, 0.3) is 0 Å². The molecule has 0 aliphatic carbocycles. The molecular weight excluding hydrogens is 296 g/mol. The second kappa shape index (κ2) is 18.6. The first-order valence-electron chi connectivity index (χ1n) is 4.56. The summed E-state index contributed by atoms with van der Waals surface area (Å²) in [5, 5.41) is 24.8. The summed E-state index contributed by atoms with van der Waals surface area (Å²) in [6, 6.07) is 3.92. The van der Waals surface area contributed by atoms with Crippen LogP contribution < -0.4 is 15.3 Å². The van der Waals surface area contributed by atoms with Crippen LogP contribution in [0.4, 0.5) is 0 Å². The standard InChI is InChI=1S/C8H12O.3CH2O2.Cr/c1-8(2,3)7-5-4-6-9-7;3*2-1-3;/h4-6H,1-3H3;3*1H,(H,2,3);/q;;;;+3/p-3. The van der Waals surface area contributed by atoms with Gasteiger partial charge in [-0.15, -0.1) is 0 Å². The third-order valence-corrected chi connectivity index (χ3v) is 1.26. The van der Waals surface area contributed by atoms with Gasteiger partial charge in [-0.25, -0.2) is 0 Å². The minimum absolute atomic E-state index is 0. The van der Waals surface area contributed by atoms with E-state index in [1.165, 1.54) is 0 Å². The first-order chi connectivity index (χ1) is 8.35. The summed E-state index contributed by atoms with van der Waals surface area (Å²) < 4.78 is 5.20. The minimum Gasteiger partial charge on any atom is -0.554 e. The largest absolute Gasteiger partial charge is 3.00 e. The Balaban J connectivity index is -0.0000000956. The van der Waals surface area contributed by atoms with Crippen LogP contribution in [0.2, 0.25) is 0 Å². The van der Waals surface area contributed by atoms with Crippen molar-refractivity contribution in [1.29, 1.82) is 0 Å². The Bertz CT molecular complexity index is 276. The molecule has 0 aliphatic heterocycles. The van der Waals surface area contributed by atoms with Gasteiger partial charge in [0.1, 0.15) is 5.76 Å². The monoisotopic (exact) mass is 311 g/mol. The van der Waals surface area contributed by atoms with E-state index < -0.39 is 19.4 Å². The fraction of sp³-hybridized carbons (Fsp3) is 0.364. The molecule has 0 saturated heterocycles. The molecule has 7 nitrogen and oxygen atoms in total. The van der Waals surface area contributed by atoms with Gasteiger partial charge in [0.15, 0.2) is 0 Å². The average molecular weight is 311 g/mol. The SMILES string of the molecule is CC(C)(C)c1ccco1.O=C[O-].O=C[O-].O=C[O-].[Cr+3]. The molecule has 1 radical (unpaired) electrons. The Labute approximate surface area is 122 Å². The second-order valence-electron chi connectivity index (χ2n) is 3.52. The molecule has 1 heterocycles. The summed E-state index contributed by atoms with van der Waals surface area (Å²) >= 11 is 0. The molecule has 1 aromatic heterocycles. The Hall–Kier alpha value is -1.78. The molecule has 19 heavy (non-hydrogen) atoms. The summed E-state index contributed by atoms with van der Waals surface area (Å²) in [5.41, 5.74) is 0.156. The van der Waals surface area contributed by atoms with Crippen LogP contribution in [-0.4, -0.2) is 19.4 Å². The number of hydrogen-bond acceptors (Lipinski definition) is 7. The molecule has 0 fully saturated rings. The third kappa shape index (κ3) is 26.1. The second-order valence-corrected chi connectivity index (χ2v) is 3.52. The number of furan rings is 1. The number of carboxylic acid groups (broad SMARTS) is 3. The van der Waals surface area contributed by atoms with Crippen molar-refractivity contribution in [3.63, 3.8) is 0 Å². The average Bonchev–Trinajstić information content (AvgIpc) is 2.72. The van der Waals surface area contributed by atoms with Crippen molar-refractivity contribution in [2.75, 3.05) is 0 Å². The van der Waals surface area contributed by atoms with Crippen molar-refractivity contribution in [2.45, 2.75) is 26.2 Å². The molecule has 0 aliphatic rings. The quantitative estimate of drug-likeness (QED) is 0.491. The summed E-state index contributed by atoms with van der Waals surface area (Å²) in [5.74, 6) is 1.04. The van der Waals surface area contributed by atoms with Crippen LogP contribution in [0.3, 0.4) is 0 Å². The van der Waals surface area contributed by atoms with Crippen LogP contribution in [0, 0.1) is 0 Å². The molecule has 107 valence electrons. The van der Waals surface area contributed by atoms with Crippen molar-refractivity contribution in [2.24, 2.45) is 0 Å². The van der Waals surface area contributed by atoms with E-state index in [1.807, 2.05) is 12.1 Å². The molecule has 0 saturated carbocycles. The first-order valence-corrected chi connectivity index (χ1v) is 4.56. The van der Waals surface area contributed by atoms with Crippen molar-refractivity contribution >= 4 is 19.4 Å². The van der Waals surface area contributed by atoms with Crippen molar-refractivity contribution in [1.82, 2.24) is 0 Å². The topological polar surface area (TPSA) is 134 Å². The summed E-state index contributed by atoms with van der Waals surface area (Å²) in [6.07, 6.45) is 1.71. The van der Waals surface area contributed by atoms with Gasteiger partial charge >= 0.3 is 17.4 Å². The summed E-state index contributed by atoms with van der Waals surface area (Å²) in [6.45, 7) is 4.89. The van der Waals surface area contributed by atoms with Gasteiger partial charge < -0.3 is 34.1 Å². The fourth-order valence-corrected chi connectivity index (χ4v) is 0.705. The van der Waals surface area contributed by atoms with Gasteiger partial charge in [-0.2, -0.15) is 0 Å².